The Hall–Kier alpha value is -2.24. The van der Waals surface area contributed by atoms with Crippen LogP contribution in [0.15, 0.2) is 42.5 Å². The molecule has 5 heteroatoms. The molecule has 146 valence electrons. The van der Waals surface area contributed by atoms with Crippen LogP contribution in [0.4, 0.5) is 5.69 Å². The summed E-state index contributed by atoms with van der Waals surface area (Å²) in [5.74, 6) is 0.0728. The average Bonchev–Trinajstić information content (AvgIpc) is 3.34. The molecule has 1 aromatic heterocycles. The number of hydrogen-bond acceptors (Lipinski definition) is 4. The summed E-state index contributed by atoms with van der Waals surface area (Å²) in [5, 5.41) is 4.34. The third-order valence-corrected chi connectivity index (χ3v) is 6.71. The molecule has 0 unspecified atom stereocenters. The second-order valence-electron chi connectivity index (χ2n) is 7.35. The van der Waals surface area contributed by atoms with Gasteiger partial charge in [-0.3, -0.25) is 9.69 Å². The first-order valence-electron chi connectivity index (χ1n) is 10.2. The van der Waals surface area contributed by atoms with E-state index in [1.54, 1.807) is 11.3 Å². The minimum Gasteiger partial charge on any atom is -0.324 e. The van der Waals surface area contributed by atoms with Gasteiger partial charge in [0.2, 0.25) is 5.91 Å². The molecule has 2 aromatic carbocycles. The molecule has 0 aliphatic carbocycles. The van der Waals surface area contributed by atoms with Crippen LogP contribution in [0.3, 0.4) is 0 Å². The van der Waals surface area contributed by atoms with Gasteiger partial charge in [-0.2, -0.15) is 0 Å². The van der Waals surface area contributed by atoms with Crippen molar-refractivity contribution in [2.45, 2.75) is 45.6 Å². The van der Waals surface area contributed by atoms with Gasteiger partial charge in [-0.05, 0) is 55.5 Å². The number of likely N-dealkylation sites (tertiary alicyclic amines) is 1. The van der Waals surface area contributed by atoms with Gasteiger partial charge >= 0.3 is 0 Å². The van der Waals surface area contributed by atoms with Gasteiger partial charge in [0.15, 0.2) is 0 Å². The molecule has 1 saturated heterocycles. The molecule has 0 radical (unpaired) electrons. The number of benzene rings is 2. The quantitative estimate of drug-likeness (QED) is 0.626. The first-order valence-corrected chi connectivity index (χ1v) is 11.0. The number of aromatic nitrogens is 1. The topological polar surface area (TPSA) is 45.2 Å². The van der Waals surface area contributed by atoms with Crippen molar-refractivity contribution in [2.24, 2.45) is 0 Å². The number of para-hydroxylation sites is 2. The van der Waals surface area contributed by atoms with Gasteiger partial charge in [-0.25, -0.2) is 4.98 Å². The first kappa shape index (κ1) is 19.1. The minimum atomic E-state index is 0.0728. The molecular formula is C23H27N3OS. The Kier molecular flexibility index (Phi) is 5.74. The van der Waals surface area contributed by atoms with Crippen molar-refractivity contribution in [1.29, 1.82) is 0 Å². The second-order valence-corrected chi connectivity index (χ2v) is 8.42. The van der Waals surface area contributed by atoms with E-state index < -0.39 is 0 Å². The zero-order valence-electron chi connectivity index (χ0n) is 16.6. The standard InChI is InChI=1S/C23H27N3OS/c1-3-16-9-7-10-17(4-2)22(16)25-21(27)15-26-14-8-12-19(26)23-24-18-11-5-6-13-20(18)28-23/h5-7,9-11,13,19H,3-4,8,12,14-15H2,1-2H3,(H,25,27)/t19-/m0/s1. The number of amides is 1. The van der Waals surface area contributed by atoms with Crippen LogP contribution in [0.2, 0.25) is 0 Å². The molecule has 4 nitrogen and oxygen atoms in total. The summed E-state index contributed by atoms with van der Waals surface area (Å²) >= 11 is 1.76. The van der Waals surface area contributed by atoms with E-state index in [0.717, 1.165) is 48.4 Å². The molecule has 1 atom stereocenters. The fourth-order valence-electron chi connectivity index (χ4n) is 4.09. The average molecular weight is 394 g/mol. The lowest BCUT2D eigenvalue weighted by Gasteiger charge is -2.23. The Bertz CT molecular complexity index is 926. The van der Waals surface area contributed by atoms with Crippen molar-refractivity contribution < 1.29 is 4.79 Å². The van der Waals surface area contributed by atoms with E-state index in [1.807, 2.05) is 6.07 Å². The molecule has 2 heterocycles. The van der Waals surface area contributed by atoms with E-state index in [9.17, 15) is 4.79 Å². The summed E-state index contributed by atoms with van der Waals surface area (Å²) in [4.78, 5) is 20.0. The van der Waals surface area contributed by atoms with E-state index in [1.165, 1.54) is 15.8 Å². The van der Waals surface area contributed by atoms with Gasteiger partial charge in [0.1, 0.15) is 5.01 Å². The number of nitrogens with zero attached hydrogens (tertiary/aromatic N) is 2. The Labute approximate surface area is 170 Å². The molecule has 4 rings (SSSR count). The number of hydrogen-bond donors (Lipinski definition) is 1. The van der Waals surface area contributed by atoms with Gasteiger partial charge < -0.3 is 5.32 Å². The van der Waals surface area contributed by atoms with Crippen molar-refractivity contribution in [3.05, 3.63) is 58.6 Å². The van der Waals surface area contributed by atoms with Crippen LogP contribution in [-0.2, 0) is 17.6 Å². The highest BCUT2D eigenvalue weighted by Gasteiger charge is 2.30. The van der Waals surface area contributed by atoms with Crippen LogP contribution in [0.5, 0.6) is 0 Å². The molecule has 28 heavy (non-hydrogen) atoms. The molecule has 0 spiro atoms. The number of carbonyl (C=O) groups is 1. The van der Waals surface area contributed by atoms with Gasteiger partial charge in [-0.1, -0.05) is 44.2 Å². The van der Waals surface area contributed by atoms with E-state index in [4.69, 9.17) is 4.98 Å². The van der Waals surface area contributed by atoms with Crippen LogP contribution >= 0.6 is 11.3 Å². The highest BCUT2D eigenvalue weighted by Crippen LogP contribution is 2.36. The predicted molar refractivity (Wildman–Crippen MR) is 117 cm³/mol. The third-order valence-electron chi connectivity index (χ3n) is 5.57. The number of nitrogens with one attached hydrogen (secondary N) is 1. The lowest BCUT2D eigenvalue weighted by Crippen LogP contribution is -2.33. The third kappa shape index (κ3) is 3.82. The normalized spacial score (nSPS) is 17.3. The number of carbonyl (C=O) groups excluding carboxylic acids is 1. The van der Waals surface area contributed by atoms with Gasteiger partial charge in [-0.15, -0.1) is 11.3 Å². The summed E-state index contributed by atoms with van der Waals surface area (Å²) < 4.78 is 1.22. The molecular weight excluding hydrogens is 366 g/mol. The van der Waals surface area contributed by atoms with Crippen molar-refractivity contribution in [3.63, 3.8) is 0 Å². The fourth-order valence-corrected chi connectivity index (χ4v) is 5.23. The van der Waals surface area contributed by atoms with Gasteiger partial charge in [0.05, 0.1) is 22.8 Å². The van der Waals surface area contributed by atoms with E-state index in [-0.39, 0.29) is 11.9 Å². The van der Waals surface area contributed by atoms with Crippen LogP contribution in [0.25, 0.3) is 10.2 Å². The lowest BCUT2D eigenvalue weighted by molar-refractivity contribution is -0.117. The molecule has 1 fully saturated rings. The molecule has 1 N–H and O–H groups in total. The Balaban J connectivity index is 1.50. The van der Waals surface area contributed by atoms with Gasteiger partial charge in [0.25, 0.3) is 0 Å². The van der Waals surface area contributed by atoms with Crippen LogP contribution in [-0.4, -0.2) is 28.9 Å². The summed E-state index contributed by atoms with van der Waals surface area (Å²) in [6, 6.07) is 14.8. The minimum absolute atomic E-state index is 0.0728. The first-order chi connectivity index (χ1) is 13.7. The monoisotopic (exact) mass is 393 g/mol. The number of thiazole rings is 1. The summed E-state index contributed by atoms with van der Waals surface area (Å²) in [7, 11) is 0. The predicted octanol–water partition coefficient (Wildman–Crippen LogP) is 5.20. The largest absolute Gasteiger partial charge is 0.324 e. The summed E-state index contributed by atoms with van der Waals surface area (Å²) in [6.07, 6.45) is 4.02. The number of anilines is 1. The second kappa shape index (κ2) is 8.41. The van der Waals surface area contributed by atoms with E-state index in [2.05, 4.69) is 60.5 Å². The Morgan fingerprint density at radius 1 is 1.14 bits per heavy atom. The Morgan fingerprint density at radius 2 is 1.89 bits per heavy atom. The number of aryl methyl sites for hydroxylation is 2. The Morgan fingerprint density at radius 3 is 2.61 bits per heavy atom. The van der Waals surface area contributed by atoms with Gasteiger partial charge in [0, 0.05) is 5.69 Å². The van der Waals surface area contributed by atoms with Crippen LogP contribution in [0, 0.1) is 0 Å². The van der Waals surface area contributed by atoms with Crippen molar-refractivity contribution in [1.82, 2.24) is 9.88 Å². The van der Waals surface area contributed by atoms with E-state index in [0.29, 0.717) is 6.54 Å². The molecule has 1 aliphatic heterocycles. The number of rotatable bonds is 6. The highest BCUT2D eigenvalue weighted by atomic mass is 32.1. The smallest absolute Gasteiger partial charge is 0.238 e. The maximum atomic E-state index is 12.9. The molecule has 0 saturated carbocycles. The zero-order valence-corrected chi connectivity index (χ0v) is 17.4. The van der Waals surface area contributed by atoms with Crippen LogP contribution < -0.4 is 5.32 Å². The molecule has 1 aliphatic rings. The van der Waals surface area contributed by atoms with Crippen molar-refractivity contribution >= 4 is 33.1 Å². The maximum absolute atomic E-state index is 12.9. The van der Waals surface area contributed by atoms with E-state index >= 15 is 0 Å². The van der Waals surface area contributed by atoms with Crippen LogP contribution in [0.1, 0.15) is 48.9 Å². The fraction of sp³-hybridized carbons (Fsp3) is 0.391. The lowest BCUT2D eigenvalue weighted by atomic mass is 10.0. The summed E-state index contributed by atoms with van der Waals surface area (Å²) in [5.41, 5.74) is 4.48. The summed E-state index contributed by atoms with van der Waals surface area (Å²) in [6.45, 7) is 5.63. The SMILES string of the molecule is CCc1cccc(CC)c1NC(=O)CN1CCC[C@H]1c1nc2ccccc2s1. The molecule has 3 aromatic rings. The van der Waals surface area contributed by atoms with Crippen molar-refractivity contribution in [3.8, 4) is 0 Å². The molecule has 0 bridgehead atoms. The number of fused-ring (bicyclic) bond motifs is 1. The highest BCUT2D eigenvalue weighted by molar-refractivity contribution is 7.18. The molecule has 1 amide bonds. The van der Waals surface area contributed by atoms with Crippen molar-refractivity contribution in [2.75, 3.05) is 18.4 Å². The maximum Gasteiger partial charge on any atom is 0.238 e. The zero-order chi connectivity index (χ0) is 19.5.